The van der Waals surface area contributed by atoms with Gasteiger partial charge in [-0.1, -0.05) is 48.5 Å². The number of carboxylic acids is 1. The number of ether oxygens (including phenoxy) is 1. The van der Waals surface area contributed by atoms with Crippen LogP contribution in [0.15, 0.2) is 48.5 Å². The Morgan fingerprint density at radius 3 is 2.18 bits per heavy atom. The molecule has 28 heavy (non-hydrogen) atoms. The molecule has 0 radical (unpaired) electrons. The lowest BCUT2D eigenvalue weighted by molar-refractivity contribution is -0.160. The molecule has 0 saturated carbocycles. The fourth-order valence-corrected chi connectivity index (χ4v) is 4.34. The summed E-state index contributed by atoms with van der Waals surface area (Å²) in [5, 5.41) is 12.6. The molecule has 148 valence electrons. The third-order valence-electron chi connectivity index (χ3n) is 5.28. The summed E-state index contributed by atoms with van der Waals surface area (Å²) in [4.78, 5) is 24.4. The summed E-state index contributed by atoms with van der Waals surface area (Å²) >= 11 is 1.62. The van der Waals surface area contributed by atoms with E-state index >= 15 is 0 Å². The minimum absolute atomic E-state index is 0.0787. The minimum Gasteiger partial charge on any atom is -0.481 e. The zero-order chi connectivity index (χ0) is 20.1. The van der Waals surface area contributed by atoms with Gasteiger partial charge in [-0.25, -0.2) is 0 Å². The van der Waals surface area contributed by atoms with Crippen molar-refractivity contribution in [3.63, 3.8) is 0 Å². The number of hydrogen-bond acceptors (Lipinski definition) is 5. The monoisotopic (exact) mass is 399 g/mol. The van der Waals surface area contributed by atoms with Crippen LogP contribution in [0.4, 0.5) is 0 Å². The Kier molecular flexibility index (Phi) is 6.75. The molecule has 6 heteroatoms. The van der Waals surface area contributed by atoms with Crippen LogP contribution in [0.25, 0.3) is 11.1 Å². The molecule has 0 bridgehead atoms. The lowest BCUT2D eigenvalue weighted by Gasteiger charge is -2.23. The molecule has 0 heterocycles. The third kappa shape index (κ3) is 4.08. The first kappa shape index (κ1) is 20.4. The smallest absolute Gasteiger partial charge is 0.321 e. The molecule has 0 aliphatic heterocycles. The minimum atomic E-state index is -1.22. The second kappa shape index (κ2) is 9.26. The molecule has 0 spiro atoms. The Bertz CT molecular complexity index is 808. The van der Waals surface area contributed by atoms with E-state index in [1.807, 2.05) is 42.7 Å². The van der Waals surface area contributed by atoms with E-state index in [-0.39, 0.29) is 12.5 Å². The molecule has 5 nitrogen and oxygen atoms in total. The summed E-state index contributed by atoms with van der Waals surface area (Å²) < 4.78 is 5.56. The standard InChI is InChI=1S/C22H25NO4S/c1-23-19(11-12-28-2)20(21(24)25)22(26)27-13-18-16-9-5-3-7-14(16)15-8-4-6-10-17(15)18/h3-10,18-20,23H,11-13H2,1-2H3,(H,24,25)/t19-,20?/m0/s1. The average molecular weight is 400 g/mol. The summed E-state index contributed by atoms with van der Waals surface area (Å²) in [5.41, 5.74) is 4.50. The Labute approximate surface area is 169 Å². The number of hydrogen-bond donors (Lipinski definition) is 2. The quantitative estimate of drug-likeness (QED) is 0.497. The Morgan fingerprint density at radius 2 is 1.68 bits per heavy atom. The topological polar surface area (TPSA) is 75.6 Å². The molecule has 0 aromatic heterocycles. The number of thioether (sulfide) groups is 1. The van der Waals surface area contributed by atoms with Crippen LogP contribution >= 0.6 is 11.8 Å². The number of aliphatic carboxylic acids is 1. The Morgan fingerprint density at radius 1 is 1.11 bits per heavy atom. The van der Waals surface area contributed by atoms with Crippen LogP contribution in [0.1, 0.15) is 23.5 Å². The van der Waals surface area contributed by atoms with Crippen molar-refractivity contribution in [2.45, 2.75) is 18.4 Å². The highest BCUT2D eigenvalue weighted by Crippen LogP contribution is 2.44. The zero-order valence-electron chi connectivity index (χ0n) is 16.1. The third-order valence-corrected chi connectivity index (χ3v) is 5.92. The highest BCUT2D eigenvalue weighted by atomic mass is 32.2. The number of fused-ring (bicyclic) bond motifs is 3. The lowest BCUT2D eigenvalue weighted by atomic mass is 9.96. The Balaban J connectivity index is 1.77. The molecular weight excluding hydrogens is 374 g/mol. The molecule has 1 unspecified atom stereocenters. The van der Waals surface area contributed by atoms with Gasteiger partial charge >= 0.3 is 11.9 Å². The van der Waals surface area contributed by atoms with Gasteiger partial charge in [-0.15, -0.1) is 0 Å². The molecule has 2 atom stereocenters. The second-order valence-corrected chi connectivity index (χ2v) is 7.84. The Hall–Kier alpha value is -2.31. The van der Waals surface area contributed by atoms with Crippen molar-refractivity contribution in [1.82, 2.24) is 5.32 Å². The summed E-state index contributed by atoms with van der Waals surface area (Å²) in [7, 11) is 1.68. The number of carbonyl (C=O) groups is 2. The van der Waals surface area contributed by atoms with E-state index in [0.29, 0.717) is 6.42 Å². The zero-order valence-corrected chi connectivity index (χ0v) is 16.9. The second-order valence-electron chi connectivity index (χ2n) is 6.85. The van der Waals surface area contributed by atoms with E-state index in [0.717, 1.165) is 28.0 Å². The lowest BCUT2D eigenvalue weighted by Crippen LogP contribution is -2.44. The van der Waals surface area contributed by atoms with Crippen LogP contribution in [-0.4, -0.2) is 48.8 Å². The summed E-state index contributed by atoms with van der Waals surface area (Å²) in [6, 6.07) is 15.7. The van der Waals surface area contributed by atoms with Crippen LogP contribution in [0.5, 0.6) is 0 Å². The van der Waals surface area contributed by atoms with Crippen molar-refractivity contribution in [1.29, 1.82) is 0 Å². The van der Waals surface area contributed by atoms with Crippen LogP contribution in [0, 0.1) is 5.92 Å². The highest BCUT2D eigenvalue weighted by Gasteiger charge is 2.36. The molecule has 0 saturated heterocycles. The maximum atomic E-state index is 12.7. The van der Waals surface area contributed by atoms with E-state index in [1.165, 1.54) is 0 Å². The van der Waals surface area contributed by atoms with Gasteiger partial charge in [-0.05, 0) is 47.7 Å². The molecular formula is C22H25NO4S. The van der Waals surface area contributed by atoms with Gasteiger partial charge in [0.15, 0.2) is 5.92 Å². The van der Waals surface area contributed by atoms with Crippen LogP contribution in [0.3, 0.4) is 0 Å². The summed E-state index contributed by atoms with van der Waals surface area (Å²) in [6.07, 6.45) is 2.54. The highest BCUT2D eigenvalue weighted by molar-refractivity contribution is 7.98. The van der Waals surface area contributed by atoms with Gasteiger partial charge in [0.2, 0.25) is 0 Å². The van der Waals surface area contributed by atoms with E-state index < -0.39 is 23.9 Å². The largest absolute Gasteiger partial charge is 0.481 e. The first-order valence-corrected chi connectivity index (χ1v) is 10.7. The van der Waals surface area contributed by atoms with Crippen molar-refractivity contribution in [3.05, 3.63) is 59.7 Å². The van der Waals surface area contributed by atoms with Crippen LogP contribution < -0.4 is 5.32 Å². The van der Waals surface area contributed by atoms with Crippen molar-refractivity contribution in [3.8, 4) is 11.1 Å². The number of rotatable bonds is 9. The van der Waals surface area contributed by atoms with Gasteiger partial charge in [0, 0.05) is 12.0 Å². The van der Waals surface area contributed by atoms with E-state index in [4.69, 9.17) is 4.74 Å². The maximum Gasteiger partial charge on any atom is 0.321 e. The van der Waals surface area contributed by atoms with Gasteiger partial charge in [-0.3, -0.25) is 9.59 Å². The fourth-order valence-electron chi connectivity index (χ4n) is 3.85. The molecule has 0 amide bonds. The molecule has 1 aliphatic carbocycles. The molecule has 3 rings (SSSR count). The molecule has 2 aromatic rings. The van der Waals surface area contributed by atoms with Crippen molar-refractivity contribution < 1.29 is 19.4 Å². The number of benzene rings is 2. The summed E-state index contributed by atoms with van der Waals surface area (Å²) in [6.45, 7) is 0.135. The van der Waals surface area contributed by atoms with E-state index in [9.17, 15) is 14.7 Å². The van der Waals surface area contributed by atoms with Gasteiger partial charge in [0.25, 0.3) is 0 Å². The number of esters is 1. The van der Waals surface area contributed by atoms with Crippen molar-refractivity contribution in [2.24, 2.45) is 5.92 Å². The number of nitrogens with one attached hydrogen (secondary N) is 1. The van der Waals surface area contributed by atoms with Gasteiger partial charge in [0.1, 0.15) is 6.61 Å². The number of carbonyl (C=O) groups excluding carboxylic acids is 1. The molecule has 1 aliphatic rings. The predicted molar refractivity (Wildman–Crippen MR) is 112 cm³/mol. The van der Waals surface area contributed by atoms with Gasteiger partial charge in [0.05, 0.1) is 0 Å². The van der Waals surface area contributed by atoms with Gasteiger partial charge in [-0.2, -0.15) is 11.8 Å². The van der Waals surface area contributed by atoms with Crippen LogP contribution in [0.2, 0.25) is 0 Å². The summed E-state index contributed by atoms with van der Waals surface area (Å²) in [5.74, 6) is -2.37. The van der Waals surface area contributed by atoms with E-state index in [2.05, 4.69) is 17.4 Å². The molecule has 0 fully saturated rings. The van der Waals surface area contributed by atoms with Gasteiger partial charge < -0.3 is 15.2 Å². The molecule has 2 aromatic carbocycles. The maximum absolute atomic E-state index is 12.7. The fraction of sp³-hybridized carbons (Fsp3) is 0.364. The van der Waals surface area contributed by atoms with E-state index in [1.54, 1.807) is 18.8 Å². The number of carboxylic acid groups (broad SMARTS) is 1. The normalized spacial score (nSPS) is 14.8. The predicted octanol–water partition coefficient (Wildman–Crippen LogP) is 3.38. The van der Waals surface area contributed by atoms with Crippen molar-refractivity contribution >= 4 is 23.7 Å². The first-order valence-electron chi connectivity index (χ1n) is 9.32. The van der Waals surface area contributed by atoms with Crippen molar-refractivity contribution in [2.75, 3.05) is 25.7 Å². The first-order chi connectivity index (χ1) is 13.6. The molecule has 2 N–H and O–H groups in total. The average Bonchev–Trinajstić information content (AvgIpc) is 3.03. The SMILES string of the molecule is CN[C@@H](CCSC)C(C(=O)O)C(=O)OCC1c2ccccc2-c2ccccc21. The van der Waals surface area contributed by atoms with Crippen LogP contribution in [-0.2, 0) is 14.3 Å².